The molecular weight excluding hydrogens is 335 g/mol. The van der Waals surface area contributed by atoms with Crippen LogP contribution in [0.5, 0.6) is 0 Å². The van der Waals surface area contributed by atoms with E-state index in [1.165, 1.54) is 12.1 Å². The Bertz CT molecular complexity index is 821. The number of fused-ring (bicyclic) bond motifs is 1. The minimum Gasteiger partial charge on any atom is -0.331 e. The quantitative estimate of drug-likeness (QED) is 0.674. The van der Waals surface area contributed by atoms with Gasteiger partial charge in [0.15, 0.2) is 5.78 Å². The zero-order valence-electron chi connectivity index (χ0n) is 11.3. The lowest BCUT2D eigenvalue weighted by atomic mass is 10.1. The lowest BCUT2D eigenvalue weighted by Crippen LogP contribution is -2.08. The molecule has 3 rings (SSSR count). The van der Waals surface area contributed by atoms with Gasteiger partial charge in [0.1, 0.15) is 11.6 Å². The molecule has 0 bridgehead atoms. The third-order valence-electron chi connectivity index (χ3n) is 3.38. The summed E-state index contributed by atoms with van der Waals surface area (Å²) < 4.78 is 15.8. The van der Waals surface area contributed by atoms with Crippen molar-refractivity contribution in [1.82, 2.24) is 9.55 Å². The van der Waals surface area contributed by atoms with E-state index in [-0.39, 0.29) is 12.2 Å². The highest BCUT2D eigenvalue weighted by atomic mass is 79.9. The van der Waals surface area contributed by atoms with E-state index in [2.05, 4.69) is 20.9 Å². The fourth-order valence-electron chi connectivity index (χ4n) is 2.31. The number of aromatic nitrogens is 2. The van der Waals surface area contributed by atoms with Crippen LogP contribution in [0, 0.1) is 5.82 Å². The van der Waals surface area contributed by atoms with Crippen LogP contribution in [0.15, 0.2) is 46.9 Å². The number of carbonyl (C=O) groups is 1. The smallest absolute Gasteiger partial charge is 0.170 e. The summed E-state index contributed by atoms with van der Waals surface area (Å²) in [6, 6.07) is 11.9. The van der Waals surface area contributed by atoms with Gasteiger partial charge in [0.2, 0.25) is 0 Å². The molecule has 0 spiro atoms. The number of hydrogen-bond acceptors (Lipinski definition) is 2. The van der Waals surface area contributed by atoms with Crippen molar-refractivity contribution in [2.75, 3.05) is 0 Å². The van der Waals surface area contributed by atoms with Gasteiger partial charge in [-0.15, -0.1) is 0 Å². The fraction of sp³-hybridized carbons (Fsp3) is 0.125. The molecule has 0 saturated carbocycles. The largest absolute Gasteiger partial charge is 0.331 e. The first-order chi connectivity index (χ1) is 10.0. The Morgan fingerprint density at radius 1 is 1.29 bits per heavy atom. The first kappa shape index (κ1) is 13.9. The van der Waals surface area contributed by atoms with Crippen molar-refractivity contribution in [3.8, 4) is 0 Å². The highest BCUT2D eigenvalue weighted by Crippen LogP contribution is 2.18. The van der Waals surface area contributed by atoms with Crippen molar-refractivity contribution in [2.24, 2.45) is 7.05 Å². The number of halogens is 2. The molecule has 21 heavy (non-hydrogen) atoms. The maximum atomic E-state index is 13.4. The molecule has 106 valence electrons. The lowest BCUT2D eigenvalue weighted by molar-refractivity contribution is 0.0989. The van der Waals surface area contributed by atoms with Gasteiger partial charge in [-0.1, -0.05) is 28.1 Å². The summed E-state index contributed by atoms with van der Waals surface area (Å²) in [7, 11) is 1.87. The van der Waals surface area contributed by atoms with E-state index < -0.39 is 5.82 Å². The highest BCUT2D eigenvalue weighted by Gasteiger charge is 2.14. The number of rotatable bonds is 3. The molecule has 0 fully saturated rings. The summed E-state index contributed by atoms with van der Waals surface area (Å²) in [5, 5.41) is 0. The minimum absolute atomic E-state index is 0.140. The Kier molecular flexibility index (Phi) is 3.59. The van der Waals surface area contributed by atoms with Crippen LogP contribution >= 0.6 is 15.9 Å². The van der Waals surface area contributed by atoms with E-state index in [4.69, 9.17) is 0 Å². The third-order valence-corrected chi connectivity index (χ3v) is 3.84. The number of benzene rings is 2. The number of imidazole rings is 1. The van der Waals surface area contributed by atoms with Crippen molar-refractivity contribution in [1.29, 1.82) is 0 Å². The highest BCUT2D eigenvalue weighted by molar-refractivity contribution is 9.10. The molecule has 0 aliphatic rings. The van der Waals surface area contributed by atoms with Crippen molar-refractivity contribution in [2.45, 2.75) is 6.42 Å². The number of ketones is 1. The Morgan fingerprint density at radius 3 is 2.76 bits per heavy atom. The standard InChI is InChI=1S/C16H12BrFN2O/c1-20-14-5-3-2-4-13(14)19-16(20)9-15(21)10-6-11(17)8-12(18)7-10/h2-8H,9H2,1H3. The number of nitrogens with zero attached hydrogens (tertiary/aromatic N) is 2. The van der Waals surface area contributed by atoms with Gasteiger partial charge in [-0.25, -0.2) is 9.37 Å². The number of hydrogen-bond donors (Lipinski definition) is 0. The summed E-state index contributed by atoms with van der Waals surface area (Å²) in [6.07, 6.45) is 0.140. The van der Waals surface area contributed by atoms with E-state index in [0.717, 1.165) is 11.0 Å². The van der Waals surface area contributed by atoms with E-state index in [1.54, 1.807) is 6.07 Å². The van der Waals surface area contributed by atoms with Crippen LogP contribution in [0.3, 0.4) is 0 Å². The van der Waals surface area contributed by atoms with E-state index in [9.17, 15) is 9.18 Å². The van der Waals surface area contributed by atoms with Gasteiger partial charge < -0.3 is 4.57 Å². The van der Waals surface area contributed by atoms with Gasteiger partial charge in [0.25, 0.3) is 0 Å². The van der Waals surface area contributed by atoms with Gasteiger partial charge >= 0.3 is 0 Å². The summed E-state index contributed by atoms with van der Waals surface area (Å²) in [4.78, 5) is 16.8. The Hall–Kier alpha value is -2.01. The monoisotopic (exact) mass is 346 g/mol. The van der Waals surface area contributed by atoms with E-state index in [0.29, 0.717) is 15.9 Å². The van der Waals surface area contributed by atoms with Gasteiger partial charge in [0.05, 0.1) is 17.5 Å². The first-order valence-electron chi connectivity index (χ1n) is 6.44. The van der Waals surface area contributed by atoms with Crippen LogP contribution in [0.4, 0.5) is 4.39 Å². The van der Waals surface area contributed by atoms with E-state index in [1.807, 2.05) is 35.9 Å². The Morgan fingerprint density at radius 2 is 2.05 bits per heavy atom. The van der Waals surface area contributed by atoms with Crippen LogP contribution < -0.4 is 0 Å². The molecule has 0 aliphatic heterocycles. The van der Waals surface area contributed by atoms with Crippen molar-refractivity contribution >= 4 is 32.7 Å². The molecule has 2 aromatic carbocycles. The molecule has 0 aliphatic carbocycles. The van der Waals surface area contributed by atoms with Gasteiger partial charge in [0, 0.05) is 17.1 Å². The van der Waals surface area contributed by atoms with Crippen LogP contribution in [0.25, 0.3) is 11.0 Å². The number of para-hydroxylation sites is 2. The zero-order valence-corrected chi connectivity index (χ0v) is 12.9. The second-order valence-electron chi connectivity index (χ2n) is 4.83. The predicted molar refractivity (Wildman–Crippen MR) is 82.8 cm³/mol. The molecule has 1 heterocycles. The van der Waals surface area contributed by atoms with Crippen molar-refractivity contribution in [3.05, 3.63) is 64.1 Å². The molecule has 0 unspecified atom stereocenters. The molecule has 0 saturated heterocycles. The normalized spacial score (nSPS) is 11.0. The maximum Gasteiger partial charge on any atom is 0.170 e. The third kappa shape index (κ3) is 2.74. The summed E-state index contributed by atoms with van der Waals surface area (Å²) in [5.74, 6) is 0.0768. The first-order valence-corrected chi connectivity index (χ1v) is 7.23. The molecule has 0 radical (unpaired) electrons. The lowest BCUT2D eigenvalue weighted by Gasteiger charge is -2.03. The summed E-state index contributed by atoms with van der Waals surface area (Å²) >= 11 is 3.20. The van der Waals surface area contributed by atoms with Crippen LogP contribution in [-0.4, -0.2) is 15.3 Å². The Labute approximate surface area is 129 Å². The van der Waals surface area contributed by atoms with Crippen molar-refractivity contribution < 1.29 is 9.18 Å². The molecule has 1 aromatic heterocycles. The Balaban J connectivity index is 1.94. The minimum atomic E-state index is -0.433. The zero-order chi connectivity index (χ0) is 15.0. The van der Waals surface area contributed by atoms with E-state index >= 15 is 0 Å². The average Bonchev–Trinajstić information content (AvgIpc) is 2.75. The second kappa shape index (κ2) is 5.41. The molecule has 5 heteroatoms. The van der Waals surface area contributed by atoms with Crippen LogP contribution in [0.1, 0.15) is 16.2 Å². The predicted octanol–water partition coefficient (Wildman–Crippen LogP) is 3.90. The van der Waals surface area contributed by atoms with Crippen LogP contribution in [0.2, 0.25) is 0 Å². The second-order valence-corrected chi connectivity index (χ2v) is 5.75. The fourth-order valence-corrected chi connectivity index (χ4v) is 2.78. The summed E-state index contributed by atoms with van der Waals surface area (Å²) in [5.41, 5.74) is 2.16. The number of Topliss-reactive ketones (excluding diaryl/α,β-unsaturated/α-hetero) is 1. The average molecular weight is 347 g/mol. The molecular formula is C16H12BrFN2O. The number of aryl methyl sites for hydroxylation is 1. The summed E-state index contributed by atoms with van der Waals surface area (Å²) in [6.45, 7) is 0. The molecule has 0 N–H and O–H groups in total. The maximum absolute atomic E-state index is 13.4. The SMILES string of the molecule is Cn1c(CC(=O)c2cc(F)cc(Br)c2)nc2ccccc21. The van der Waals surface area contributed by atoms with Gasteiger partial charge in [-0.3, -0.25) is 4.79 Å². The van der Waals surface area contributed by atoms with Gasteiger partial charge in [-0.2, -0.15) is 0 Å². The van der Waals surface area contributed by atoms with Crippen molar-refractivity contribution in [3.63, 3.8) is 0 Å². The molecule has 3 aromatic rings. The molecule has 0 amide bonds. The molecule has 3 nitrogen and oxygen atoms in total. The molecule has 0 atom stereocenters. The van der Waals surface area contributed by atoms with Gasteiger partial charge in [-0.05, 0) is 30.3 Å². The van der Waals surface area contributed by atoms with Crippen LogP contribution in [-0.2, 0) is 13.5 Å². The number of carbonyl (C=O) groups excluding carboxylic acids is 1. The topological polar surface area (TPSA) is 34.9 Å².